The Hall–Kier alpha value is -1.52. The Balaban J connectivity index is 4.22. The molecule has 0 aliphatic rings. The van der Waals surface area contributed by atoms with Gasteiger partial charge in [-0.2, -0.15) is 0 Å². The van der Waals surface area contributed by atoms with Crippen LogP contribution in [0.5, 0.6) is 0 Å². The number of hydrogen-bond donors (Lipinski definition) is 3. The van der Waals surface area contributed by atoms with E-state index >= 15 is 0 Å². The number of carboxylic acids is 1. The zero-order valence-corrected chi connectivity index (χ0v) is 9.12. The summed E-state index contributed by atoms with van der Waals surface area (Å²) in [6.07, 6.45) is 0.651. The summed E-state index contributed by atoms with van der Waals surface area (Å²) in [5.74, 6) is -1.55. The van der Waals surface area contributed by atoms with Crippen LogP contribution < -0.4 is 11.1 Å². The summed E-state index contributed by atoms with van der Waals surface area (Å²) in [6, 6.07) is -0.889. The van der Waals surface area contributed by atoms with Gasteiger partial charge in [0.1, 0.15) is 6.04 Å². The maximum Gasteiger partial charge on any atom is 0.326 e. The van der Waals surface area contributed by atoms with Crippen molar-refractivity contribution in [3.8, 4) is 0 Å². The molecule has 15 heavy (non-hydrogen) atoms. The highest BCUT2D eigenvalue weighted by Gasteiger charge is 2.20. The van der Waals surface area contributed by atoms with Gasteiger partial charge in [0.15, 0.2) is 0 Å². The van der Waals surface area contributed by atoms with Crippen LogP contribution in [0.15, 0.2) is 12.3 Å². The molecule has 1 atom stereocenters. The number of carbonyl (C=O) groups is 2. The summed E-state index contributed by atoms with van der Waals surface area (Å²) < 4.78 is 0. The maximum absolute atomic E-state index is 11.3. The third-order valence-electron chi connectivity index (χ3n) is 1.89. The van der Waals surface area contributed by atoms with Crippen molar-refractivity contribution in [1.29, 1.82) is 0 Å². The van der Waals surface area contributed by atoms with Gasteiger partial charge in [0.25, 0.3) is 0 Å². The van der Waals surface area contributed by atoms with Crippen LogP contribution in [0, 0.1) is 5.92 Å². The van der Waals surface area contributed by atoms with Crippen LogP contribution in [0.3, 0.4) is 0 Å². The summed E-state index contributed by atoms with van der Waals surface area (Å²) in [6.45, 7) is 6.88. The first-order valence-electron chi connectivity index (χ1n) is 4.81. The minimum absolute atomic E-state index is 0.229. The monoisotopic (exact) mass is 214 g/mol. The normalized spacial score (nSPS) is 12.2. The molecule has 0 heterocycles. The summed E-state index contributed by atoms with van der Waals surface area (Å²) in [7, 11) is 0. The van der Waals surface area contributed by atoms with Crippen molar-refractivity contribution in [2.75, 3.05) is 0 Å². The molecular formula is C10H18N2O3. The highest BCUT2D eigenvalue weighted by Crippen LogP contribution is 2.03. The Labute approximate surface area is 89.3 Å². The van der Waals surface area contributed by atoms with Gasteiger partial charge in [0.05, 0.1) is 0 Å². The van der Waals surface area contributed by atoms with Gasteiger partial charge in [-0.05, 0) is 12.8 Å². The maximum atomic E-state index is 11.3. The summed E-state index contributed by atoms with van der Waals surface area (Å²) >= 11 is 0. The first-order chi connectivity index (χ1) is 6.84. The van der Waals surface area contributed by atoms with E-state index in [1.807, 2.05) is 0 Å². The number of aliphatic carboxylic acids is 1. The predicted octanol–water partition coefficient (Wildman–Crippen LogP) is 0.464. The van der Waals surface area contributed by atoms with Crippen molar-refractivity contribution in [3.05, 3.63) is 12.3 Å². The van der Waals surface area contributed by atoms with Gasteiger partial charge in [-0.25, -0.2) is 4.79 Å². The van der Waals surface area contributed by atoms with E-state index < -0.39 is 12.0 Å². The van der Waals surface area contributed by atoms with Crippen LogP contribution in [0.2, 0.25) is 0 Å². The average molecular weight is 214 g/mol. The van der Waals surface area contributed by atoms with E-state index in [-0.39, 0.29) is 18.2 Å². The second-order valence-corrected chi connectivity index (χ2v) is 3.75. The van der Waals surface area contributed by atoms with Crippen LogP contribution in [0.4, 0.5) is 0 Å². The topological polar surface area (TPSA) is 92.4 Å². The largest absolute Gasteiger partial charge is 0.480 e. The van der Waals surface area contributed by atoms with Crippen LogP contribution in [-0.4, -0.2) is 23.0 Å². The van der Waals surface area contributed by atoms with E-state index in [2.05, 4.69) is 11.9 Å². The molecule has 0 unspecified atom stereocenters. The minimum Gasteiger partial charge on any atom is -0.480 e. The van der Waals surface area contributed by atoms with Crippen molar-refractivity contribution in [2.45, 2.75) is 32.7 Å². The Morgan fingerprint density at radius 2 is 2.00 bits per heavy atom. The molecule has 1 amide bonds. The number of allylic oxidation sites excluding steroid dienone is 1. The number of rotatable bonds is 6. The Kier molecular flexibility index (Phi) is 5.44. The lowest BCUT2D eigenvalue weighted by atomic mass is 10.1. The van der Waals surface area contributed by atoms with Crippen molar-refractivity contribution < 1.29 is 14.7 Å². The van der Waals surface area contributed by atoms with E-state index in [0.717, 1.165) is 0 Å². The third kappa shape index (κ3) is 5.72. The van der Waals surface area contributed by atoms with E-state index in [4.69, 9.17) is 10.8 Å². The second kappa shape index (κ2) is 6.06. The molecule has 0 aliphatic carbocycles. The molecule has 0 radical (unpaired) electrons. The summed E-state index contributed by atoms with van der Waals surface area (Å²) in [5, 5.41) is 11.3. The van der Waals surface area contributed by atoms with Gasteiger partial charge in [0.2, 0.25) is 5.91 Å². The first-order valence-corrected chi connectivity index (χ1v) is 4.81. The lowest BCUT2D eigenvalue weighted by Crippen LogP contribution is -2.42. The SMILES string of the molecule is C=C(N)CC[C@H](NC(=O)C(C)C)C(=O)O. The van der Waals surface area contributed by atoms with Gasteiger partial charge in [-0.15, -0.1) is 0 Å². The quantitative estimate of drug-likeness (QED) is 0.599. The third-order valence-corrected chi connectivity index (χ3v) is 1.89. The minimum atomic E-state index is -1.05. The molecule has 0 aromatic rings. The summed E-state index contributed by atoms with van der Waals surface area (Å²) in [4.78, 5) is 22.1. The van der Waals surface area contributed by atoms with E-state index in [1.54, 1.807) is 13.8 Å². The number of carboxylic acid groups (broad SMARTS) is 1. The van der Waals surface area contributed by atoms with Crippen LogP contribution in [0.25, 0.3) is 0 Å². The van der Waals surface area contributed by atoms with Gasteiger partial charge < -0.3 is 16.2 Å². The number of amides is 1. The fraction of sp³-hybridized carbons (Fsp3) is 0.600. The van der Waals surface area contributed by atoms with Crippen LogP contribution in [-0.2, 0) is 9.59 Å². The number of nitrogens with two attached hydrogens (primary N) is 1. The number of nitrogens with one attached hydrogen (secondary N) is 1. The molecule has 0 aliphatic heterocycles. The summed E-state index contributed by atoms with van der Waals surface area (Å²) in [5.41, 5.74) is 5.75. The van der Waals surface area contributed by atoms with Crippen LogP contribution in [0.1, 0.15) is 26.7 Å². The molecule has 4 N–H and O–H groups in total. The Morgan fingerprint density at radius 1 is 1.47 bits per heavy atom. The lowest BCUT2D eigenvalue weighted by Gasteiger charge is -2.15. The van der Waals surface area contributed by atoms with Crippen molar-refractivity contribution in [1.82, 2.24) is 5.32 Å². The molecular weight excluding hydrogens is 196 g/mol. The molecule has 0 aromatic carbocycles. The molecule has 0 rings (SSSR count). The predicted molar refractivity (Wildman–Crippen MR) is 57.0 cm³/mol. The molecule has 0 spiro atoms. The molecule has 0 saturated carbocycles. The molecule has 0 saturated heterocycles. The smallest absolute Gasteiger partial charge is 0.326 e. The number of carbonyl (C=O) groups excluding carboxylic acids is 1. The average Bonchev–Trinajstić information content (AvgIpc) is 2.10. The zero-order valence-electron chi connectivity index (χ0n) is 9.12. The number of hydrogen-bond acceptors (Lipinski definition) is 3. The highest BCUT2D eigenvalue weighted by atomic mass is 16.4. The molecule has 86 valence electrons. The Morgan fingerprint density at radius 3 is 2.33 bits per heavy atom. The molecule has 5 nitrogen and oxygen atoms in total. The van der Waals surface area contributed by atoms with E-state index in [9.17, 15) is 9.59 Å². The van der Waals surface area contributed by atoms with Crippen molar-refractivity contribution in [2.24, 2.45) is 11.7 Å². The molecule has 0 bridgehead atoms. The van der Waals surface area contributed by atoms with Gasteiger partial charge >= 0.3 is 5.97 Å². The zero-order chi connectivity index (χ0) is 12.0. The van der Waals surface area contributed by atoms with Gasteiger partial charge in [-0.3, -0.25) is 4.79 Å². The fourth-order valence-corrected chi connectivity index (χ4v) is 0.926. The molecule has 0 aromatic heterocycles. The highest BCUT2D eigenvalue weighted by molar-refractivity contribution is 5.84. The molecule has 5 heteroatoms. The lowest BCUT2D eigenvalue weighted by molar-refractivity contribution is -0.142. The van der Waals surface area contributed by atoms with Gasteiger partial charge in [-0.1, -0.05) is 20.4 Å². The van der Waals surface area contributed by atoms with Crippen molar-refractivity contribution >= 4 is 11.9 Å². The standard InChI is InChI=1S/C10H18N2O3/c1-6(2)9(13)12-8(10(14)15)5-4-7(3)11/h6,8H,3-5,11H2,1-2H3,(H,12,13)(H,14,15)/t8-/m0/s1. The first kappa shape index (κ1) is 13.5. The van der Waals surface area contributed by atoms with Crippen LogP contribution >= 0.6 is 0 Å². The molecule has 0 fully saturated rings. The Bertz CT molecular complexity index is 261. The second-order valence-electron chi connectivity index (χ2n) is 3.75. The van der Waals surface area contributed by atoms with Crippen molar-refractivity contribution in [3.63, 3.8) is 0 Å². The van der Waals surface area contributed by atoms with E-state index in [1.165, 1.54) is 0 Å². The van der Waals surface area contributed by atoms with E-state index in [0.29, 0.717) is 12.1 Å². The fourth-order valence-electron chi connectivity index (χ4n) is 0.926. The van der Waals surface area contributed by atoms with Gasteiger partial charge in [0, 0.05) is 11.6 Å².